The monoisotopic (exact) mass is 391 g/mol. The number of fused-ring (bicyclic) bond motifs is 2. The minimum Gasteiger partial charge on any atom is -0.346 e. The number of rotatable bonds is 3. The third kappa shape index (κ3) is 2.96. The van der Waals surface area contributed by atoms with Gasteiger partial charge in [0.2, 0.25) is 0 Å². The van der Waals surface area contributed by atoms with E-state index in [1.54, 1.807) is 18.1 Å². The van der Waals surface area contributed by atoms with Gasteiger partial charge in [-0.05, 0) is 36.5 Å². The Morgan fingerprint density at radius 1 is 1.32 bits per heavy atom. The van der Waals surface area contributed by atoms with Gasteiger partial charge in [-0.2, -0.15) is 0 Å². The van der Waals surface area contributed by atoms with Crippen LogP contribution in [0.15, 0.2) is 47.9 Å². The number of H-pyrrole nitrogens is 1. The first-order valence-corrected chi connectivity index (χ1v) is 10.5. The second-order valence-electron chi connectivity index (χ2n) is 7.19. The molecule has 1 aromatic carbocycles. The van der Waals surface area contributed by atoms with Crippen molar-refractivity contribution >= 4 is 34.5 Å². The second-order valence-corrected chi connectivity index (χ2v) is 8.33. The van der Waals surface area contributed by atoms with Gasteiger partial charge in [-0.3, -0.25) is 4.79 Å². The summed E-state index contributed by atoms with van der Waals surface area (Å²) in [6.07, 6.45) is 7.42. The number of hydrogen-bond donors (Lipinski definition) is 2. The molecule has 28 heavy (non-hydrogen) atoms. The summed E-state index contributed by atoms with van der Waals surface area (Å²) in [7, 11) is 0. The van der Waals surface area contributed by atoms with E-state index in [1.165, 1.54) is 11.1 Å². The summed E-state index contributed by atoms with van der Waals surface area (Å²) in [6, 6.07) is 8.47. The van der Waals surface area contributed by atoms with E-state index in [0.29, 0.717) is 0 Å². The van der Waals surface area contributed by atoms with Crippen LogP contribution in [-0.4, -0.2) is 33.2 Å². The quantitative estimate of drug-likeness (QED) is 0.715. The van der Waals surface area contributed by atoms with Crippen molar-refractivity contribution in [3.63, 3.8) is 0 Å². The van der Waals surface area contributed by atoms with Crippen LogP contribution in [0.1, 0.15) is 29.2 Å². The van der Waals surface area contributed by atoms with Crippen molar-refractivity contribution < 1.29 is 4.79 Å². The largest absolute Gasteiger partial charge is 0.346 e. The van der Waals surface area contributed by atoms with Gasteiger partial charge in [-0.15, -0.1) is 11.8 Å². The summed E-state index contributed by atoms with van der Waals surface area (Å²) < 4.78 is 0. The number of nitrogens with one attached hydrogen (secondary N) is 2. The molecule has 3 aromatic rings. The van der Waals surface area contributed by atoms with Gasteiger partial charge in [-0.1, -0.05) is 24.3 Å². The minimum atomic E-state index is -0.00695. The molecular weight excluding hydrogens is 370 g/mol. The van der Waals surface area contributed by atoms with Gasteiger partial charge < -0.3 is 15.2 Å². The molecule has 0 fully saturated rings. The zero-order valence-electron chi connectivity index (χ0n) is 15.6. The number of carbonyl (C=O) groups excluding carboxylic acids is 1. The van der Waals surface area contributed by atoms with E-state index in [9.17, 15) is 4.79 Å². The van der Waals surface area contributed by atoms with E-state index >= 15 is 0 Å². The lowest BCUT2D eigenvalue weighted by Crippen LogP contribution is -2.32. The average molecular weight is 392 g/mol. The molecule has 2 aromatic heterocycles. The van der Waals surface area contributed by atoms with E-state index in [1.807, 2.05) is 25.4 Å². The molecule has 1 atom stereocenters. The third-order valence-electron chi connectivity index (χ3n) is 5.44. The maximum absolute atomic E-state index is 13.0. The lowest BCUT2D eigenvalue weighted by molar-refractivity contribution is -0.117. The SMILES string of the molecule is Cc1c[nH]c2ncnc(N3C=C(C(=O)N[C@@H]4CCc5ccccc54)SCC3)c12. The van der Waals surface area contributed by atoms with Gasteiger partial charge in [0, 0.05) is 24.7 Å². The fraction of sp³-hybridized carbons (Fsp3) is 0.286. The first-order valence-electron chi connectivity index (χ1n) is 9.49. The third-order valence-corrected chi connectivity index (χ3v) is 6.43. The molecule has 1 aliphatic carbocycles. The van der Waals surface area contributed by atoms with Crippen LogP contribution in [-0.2, 0) is 11.2 Å². The zero-order chi connectivity index (χ0) is 19.1. The highest BCUT2D eigenvalue weighted by atomic mass is 32.2. The Morgan fingerprint density at radius 2 is 2.21 bits per heavy atom. The number of anilines is 1. The number of nitrogens with zero attached hydrogens (tertiary/aromatic N) is 3. The van der Waals surface area contributed by atoms with Crippen molar-refractivity contribution in [2.24, 2.45) is 0 Å². The van der Waals surface area contributed by atoms with Crippen LogP contribution >= 0.6 is 11.8 Å². The van der Waals surface area contributed by atoms with Crippen LogP contribution < -0.4 is 10.2 Å². The van der Waals surface area contributed by atoms with Crippen LogP contribution in [0.5, 0.6) is 0 Å². The predicted molar refractivity (Wildman–Crippen MR) is 112 cm³/mol. The van der Waals surface area contributed by atoms with Crippen molar-refractivity contribution in [2.75, 3.05) is 17.2 Å². The van der Waals surface area contributed by atoms with Crippen molar-refractivity contribution in [1.29, 1.82) is 0 Å². The molecule has 3 heterocycles. The normalized spacial score (nSPS) is 18.8. The predicted octanol–water partition coefficient (Wildman–Crippen LogP) is 3.46. The molecule has 0 spiro atoms. The summed E-state index contributed by atoms with van der Waals surface area (Å²) in [6.45, 7) is 2.85. The Hall–Kier alpha value is -2.80. The molecule has 0 radical (unpaired) electrons. The van der Waals surface area contributed by atoms with Gasteiger partial charge in [-0.25, -0.2) is 9.97 Å². The summed E-state index contributed by atoms with van der Waals surface area (Å²) >= 11 is 1.60. The first kappa shape index (κ1) is 17.3. The van der Waals surface area contributed by atoms with Crippen molar-refractivity contribution in [1.82, 2.24) is 20.3 Å². The van der Waals surface area contributed by atoms with Gasteiger partial charge >= 0.3 is 0 Å². The maximum atomic E-state index is 13.0. The topological polar surface area (TPSA) is 73.9 Å². The number of carbonyl (C=O) groups is 1. The molecule has 2 aliphatic rings. The standard InChI is InChI=1S/C21H21N5OS/c1-13-10-22-19-18(13)20(24-12-23-19)26-8-9-28-17(11-26)21(27)25-16-7-6-14-4-2-3-5-15(14)16/h2-5,10-12,16H,6-9H2,1H3,(H,25,27)(H,22,23,24)/t16-/m1/s1. The fourth-order valence-electron chi connectivity index (χ4n) is 4.04. The molecular formula is C21H21N5OS. The zero-order valence-corrected chi connectivity index (χ0v) is 16.4. The van der Waals surface area contributed by atoms with Crippen LogP contribution in [0, 0.1) is 6.92 Å². The van der Waals surface area contributed by atoms with Gasteiger partial charge in [0.25, 0.3) is 5.91 Å². The number of aromatic nitrogens is 3. The molecule has 0 bridgehead atoms. The number of amides is 1. The molecule has 5 rings (SSSR count). The Morgan fingerprint density at radius 3 is 3.14 bits per heavy atom. The van der Waals surface area contributed by atoms with E-state index in [4.69, 9.17) is 0 Å². The highest BCUT2D eigenvalue weighted by Gasteiger charge is 2.26. The summed E-state index contributed by atoms with van der Waals surface area (Å²) in [5, 5.41) is 4.24. The van der Waals surface area contributed by atoms with Gasteiger partial charge in [0.1, 0.15) is 17.8 Å². The van der Waals surface area contributed by atoms with Crippen LogP contribution in [0.3, 0.4) is 0 Å². The summed E-state index contributed by atoms with van der Waals surface area (Å²) in [4.78, 5) is 27.7. The molecule has 142 valence electrons. The molecule has 2 N–H and O–H groups in total. The van der Waals surface area contributed by atoms with Crippen molar-refractivity contribution in [3.05, 3.63) is 64.6 Å². The summed E-state index contributed by atoms with van der Waals surface area (Å²) in [5.74, 6) is 1.68. The summed E-state index contributed by atoms with van der Waals surface area (Å²) in [5.41, 5.74) is 4.51. The molecule has 1 amide bonds. The Kier molecular flexibility index (Phi) is 4.31. The minimum absolute atomic E-state index is 0.00695. The number of aryl methyl sites for hydroxylation is 2. The Labute approximate surface area is 167 Å². The molecule has 0 unspecified atom stereocenters. The van der Waals surface area contributed by atoms with Gasteiger partial charge in [0.15, 0.2) is 0 Å². The molecule has 6 nitrogen and oxygen atoms in total. The average Bonchev–Trinajstić information content (AvgIpc) is 3.32. The Balaban J connectivity index is 1.40. The van der Waals surface area contributed by atoms with E-state index < -0.39 is 0 Å². The van der Waals surface area contributed by atoms with Crippen molar-refractivity contribution in [2.45, 2.75) is 25.8 Å². The smallest absolute Gasteiger partial charge is 0.259 e. The van der Waals surface area contributed by atoms with E-state index in [2.05, 4.69) is 43.4 Å². The maximum Gasteiger partial charge on any atom is 0.259 e. The number of benzene rings is 1. The Bertz CT molecular complexity index is 1090. The first-order chi connectivity index (χ1) is 13.7. The van der Waals surface area contributed by atoms with Crippen LogP contribution in [0.4, 0.5) is 5.82 Å². The second kappa shape index (κ2) is 6.98. The van der Waals surface area contributed by atoms with Crippen molar-refractivity contribution in [3.8, 4) is 0 Å². The number of aromatic amines is 1. The van der Waals surface area contributed by atoms with E-state index in [-0.39, 0.29) is 11.9 Å². The highest BCUT2D eigenvalue weighted by Crippen LogP contribution is 2.33. The lowest BCUT2D eigenvalue weighted by atomic mass is 10.1. The molecule has 0 saturated carbocycles. The number of hydrogen-bond acceptors (Lipinski definition) is 5. The number of thioether (sulfide) groups is 1. The van der Waals surface area contributed by atoms with E-state index in [0.717, 1.165) is 52.5 Å². The van der Waals surface area contributed by atoms with Crippen LogP contribution in [0.25, 0.3) is 11.0 Å². The highest BCUT2D eigenvalue weighted by molar-refractivity contribution is 8.04. The molecule has 0 saturated heterocycles. The van der Waals surface area contributed by atoms with Gasteiger partial charge in [0.05, 0.1) is 16.3 Å². The molecule has 7 heteroatoms. The molecule has 1 aliphatic heterocycles. The lowest BCUT2D eigenvalue weighted by Gasteiger charge is -2.26. The van der Waals surface area contributed by atoms with Crippen LogP contribution in [0.2, 0.25) is 0 Å². The fourth-order valence-corrected chi connectivity index (χ4v) is 4.94.